The maximum Gasteiger partial charge on any atom is 0.348 e. The summed E-state index contributed by atoms with van der Waals surface area (Å²) in [6.07, 6.45) is 1.92. The van der Waals surface area contributed by atoms with E-state index in [1.807, 2.05) is 24.3 Å². The van der Waals surface area contributed by atoms with Crippen molar-refractivity contribution >= 4 is 22.7 Å². The van der Waals surface area contributed by atoms with Gasteiger partial charge in [-0.2, -0.15) is 0 Å². The topological polar surface area (TPSA) is 85.4 Å². The van der Waals surface area contributed by atoms with Crippen molar-refractivity contribution in [3.63, 3.8) is 0 Å². The molecule has 5 heteroatoms. The van der Waals surface area contributed by atoms with Crippen molar-refractivity contribution in [3.8, 4) is 5.75 Å². The number of rotatable bonds is 3. The van der Waals surface area contributed by atoms with Gasteiger partial charge < -0.3 is 15.6 Å². The van der Waals surface area contributed by atoms with E-state index >= 15 is 0 Å². The van der Waals surface area contributed by atoms with Crippen LogP contribution in [0.25, 0.3) is 10.9 Å². The first-order valence-electron chi connectivity index (χ1n) is 6.18. The zero-order valence-corrected chi connectivity index (χ0v) is 10.3. The van der Waals surface area contributed by atoms with Gasteiger partial charge in [-0.1, -0.05) is 12.1 Å². The number of hydrogen-bond acceptors (Lipinski definition) is 4. The lowest BCUT2D eigenvalue weighted by Crippen LogP contribution is -2.50. The van der Waals surface area contributed by atoms with Gasteiger partial charge >= 0.3 is 5.97 Å². The number of fused-ring (bicyclic) bond motifs is 1. The van der Waals surface area contributed by atoms with Gasteiger partial charge in [-0.25, -0.2) is 9.78 Å². The van der Waals surface area contributed by atoms with E-state index in [4.69, 9.17) is 10.5 Å². The van der Waals surface area contributed by atoms with Crippen molar-refractivity contribution < 1.29 is 14.6 Å². The summed E-state index contributed by atoms with van der Waals surface area (Å²) in [5.74, 6) is -0.100. The summed E-state index contributed by atoms with van der Waals surface area (Å²) in [6.45, 7) is 0. The number of aromatic nitrogens is 1. The van der Waals surface area contributed by atoms with E-state index in [1.54, 1.807) is 6.07 Å². The Morgan fingerprint density at radius 3 is 2.74 bits per heavy atom. The Hall–Kier alpha value is -2.30. The van der Waals surface area contributed by atoms with Crippen LogP contribution in [0, 0.1) is 0 Å². The van der Waals surface area contributed by atoms with E-state index in [1.165, 1.54) is 0 Å². The minimum atomic E-state index is -1.10. The molecule has 1 aliphatic rings. The van der Waals surface area contributed by atoms with Crippen LogP contribution in [-0.4, -0.2) is 21.7 Å². The van der Waals surface area contributed by atoms with E-state index in [2.05, 4.69) is 4.98 Å². The first kappa shape index (κ1) is 11.8. The normalized spacial score (nSPS) is 16.8. The molecule has 98 valence electrons. The Balaban J connectivity index is 2.07. The molecule has 0 saturated heterocycles. The summed E-state index contributed by atoms with van der Waals surface area (Å²) in [5.41, 5.74) is 5.35. The Kier molecular flexibility index (Phi) is 2.55. The number of carbonyl (C=O) groups is 1. The van der Waals surface area contributed by atoms with Crippen molar-refractivity contribution in [2.45, 2.75) is 24.9 Å². The number of pyridine rings is 1. The molecule has 3 N–H and O–H groups in total. The van der Waals surface area contributed by atoms with Gasteiger partial charge in [0, 0.05) is 11.5 Å². The molecule has 5 nitrogen and oxygen atoms in total. The molecule has 0 spiro atoms. The number of nitrogens with zero attached hydrogens (tertiary/aromatic N) is 1. The molecule has 1 heterocycles. The number of anilines is 1. The number of hydrogen-bond donors (Lipinski definition) is 2. The summed E-state index contributed by atoms with van der Waals surface area (Å²) < 4.78 is 5.77. The van der Waals surface area contributed by atoms with E-state index in [0.717, 1.165) is 11.8 Å². The third kappa shape index (κ3) is 1.87. The first-order chi connectivity index (χ1) is 9.11. The van der Waals surface area contributed by atoms with Gasteiger partial charge in [0.25, 0.3) is 0 Å². The predicted octanol–water partition coefficient (Wildman–Crippen LogP) is 2.20. The molecule has 2 aromatic rings. The van der Waals surface area contributed by atoms with Gasteiger partial charge in [0.2, 0.25) is 5.60 Å². The Morgan fingerprint density at radius 1 is 1.37 bits per heavy atom. The van der Waals surface area contributed by atoms with Crippen molar-refractivity contribution in [2.24, 2.45) is 0 Å². The highest BCUT2D eigenvalue weighted by Crippen LogP contribution is 2.39. The highest BCUT2D eigenvalue weighted by molar-refractivity contribution is 5.87. The second kappa shape index (κ2) is 4.12. The molecule has 19 heavy (non-hydrogen) atoms. The SMILES string of the molecule is Nc1cc(OC2(C(=O)O)CCC2)c2ccccc2n1. The number of benzene rings is 1. The van der Waals surface area contributed by atoms with Crippen LogP contribution in [0.15, 0.2) is 30.3 Å². The lowest BCUT2D eigenvalue weighted by Gasteiger charge is -2.37. The van der Waals surface area contributed by atoms with Crippen LogP contribution in [0.2, 0.25) is 0 Å². The Morgan fingerprint density at radius 2 is 2.11 bits per heavy atom. The minimum absolute atomic E-state index is 0.327. The number of ether oxygens (including phenoxy) is 1. The highest BCUT2D eigenvalue weighted by Gasteiger charge is 2.47. The zero-order valence-electron chi connectivity index (χ0n) is 10.3. The minimum Gasteiger partial charge on any atom is -0.478 e. The maximum absolute atomic E-state index is 11.4. The van der Waals surface area contributed by atoms with Gasteiger partial charge in [0.05, 0.1) is 5.52 Å². The number of carboxylic acid groups (broad SMARTS) is 1. The molecule has 0 amide bonds. The third-order valence-electron chi connectivity index (χ3n) is 3.55. The monoisotopic (exact) mass is 258 g/mol. The van der Waals surface area contributed by atoms with E-state index < -0.39 is 11.6 Å². The molecule has 0 unspecified atom stereocenters. The van der Waals surface area contributed by atoms with Gasteiger partial charge in [0.1, 0.15) is 11.6 Å². The number of carboxylic acids is 1. The standard InChI is InChI=1S/C14H14N2O3/c15-12-8-11(9-4-1-2-5-10(9)16-12)19-14(13(17)18)6-3-7-14/h1-2,4-5,8H,3,6-7H2,(H2,15,16)(H,17,18). The van der Waals surface area contributed by atoms with Crippen molar-refractivity contribution in [1.82, 2.24) is 4.98 Å². The Bertz CT molecular complexity index is 650. The van der Waals surface area contributed by atoms with E-state index in [9.17, 15) is 9.90 Å². The van der Waals surface area contributed by atoms with Crippen LogP contribution in [0.5, 0.6) is 5.75 Å². The van der Waals surface area contributed by atoms with Crippen LogP contribution in [0.1, 0.15) is 19.3 Å². The fourth-order valence-electron chi connectivity index (χ4n) is 2.32. The van der Waals surface area contributed by atoms with Crippen molar-refractivity contribution in [2.75, 3.05) is 5.73 Å². The molecule has 1 aliphatic carbocycles. The zero-order chi connectivity index (χ0) is 13.5. The molecule has 3 rings (SSSR count). The molecular weight excluding hydrogens is 244 g/mol. The molecule has 0 atom stereocenters. The third-order valence-corrected chi connectivity index (χ3v) is 3.55. The predicted molar refractivity (Wildman–Crippen MR) is 71.0 cm³/mol. The van der Waals surface area contributed by atoms with Crippen LogP contribution >= 0.6 is 0 Å². The molecule has 0 aliphatic heterocycles. The van der Waals surface area contributed by atoms with E-state index in [-0.39, 0.29) is 0 Å². The Labute approximate surface area is 110 Å². The number of nitrogens with two attached hydrogens (primary N) is 1. The van der Waals surface area contributed by atoms with Crippen molar-refractivity contribution in [1.29, 1.82) is 0 Å². The smallest absolute Gasteiger partial charge is 0.348 e. The van der Waals surface area contributed by atoms with Crippen LogP contribution in [0.4, 0.5) is 5.82 Å². The number of aliphatic carboxylic acids is 1. The second-order valence-corrected chi connectivity index (χ2v) is 4.82. The molecule has 1 aromatic carbocycles. The lowest BCUT2D eigenvalue weighted by atomic mass is 9.80. The van der Waals surface area contributed by atoms with Gasteiger partial charge in [-0.3, -0.25) is 0 Å². The quantitative estimate of drug-likeness (QED) is 0.881. The summed E-state index contributed by atoms with van der Waals surface area (Å²) in [7, 11) is 0. The molecule has 0 radical (unpaired) electrons. The molecular formula is C14H14N2O3. The fraction of sp³-hybridized carbons (Fsp3) is 0.286. The van der Waals surface area contributed by atoms with Crippen LogP contribution in [0.3, 0.4) is 0 Å². The highest BCUT2D eigenvalue weighted by atomic mass is 16.5. The average molecular weight is 258 g/mol. The van der Waals surface area contributed by atoms with Gasteiger partial charge in [-0.15, -0.1) is 0 Å². The molecule has 0 bridgehead atoms. The lowest BCUT2D eigenvalue weighted by molar-refractivity contribution is -0.163. The fourth-order valence-corrected chi connectivity index (χ4v) is 2.32. The number of nitrogen functional groups attached to an aromatic ring is 1. The maximum atomic E-state index is 11.4. The van der Waals surface area contributed by atoms with Crippen LogP contribution in [-0.2, 0) is 4.79 Å². The largest absolute Gasteiger partial charge is 0.478 e. The summed E-state index contributed by atoms with van der Waals surface area (Å²) in [5, 5.41) is 10.1. The van der Waals surface area contributed by atoms with Crippen molar-refractivity contribution in [3.05, 3.63) is 30.3 Å². The van der Waals surface area contributed by atoms with Gasteiger partial charge in [-0.05, 0) is 31.4 Å². The molecule has 1 saturated carbocycles. The second-order valence-electron chi connectivity index (χ2n) is 4.82. The van der Waals surface area contributed by atoms with Crippen LogP contribution < -0.4 is 10.5 Å². The average Bonchev–Trinajstić information content (AvgIpc) is 2.32. The molecule has 1 fully saturated rings. The summed E-state index contributed by atoms with van der Waals surface area (Å²) in [6, 6.07) is 8.99. The summed E-state index contributed by atoms with van der Waals surface area (Å²) >= 11 is 0. The van der Waals surface area contributed by atoms with Gasteiger partial charge in [0.15, 0.2) is 0 Å². The van der Waals surface area contributed by atoms with E-state index in [0.29, 0.717) is 29.9 Å². The number of para-hydroxylation sites is 1. The molecule has 1 aromatic heterocycles. The first-order valence-corrected chi connectivity index (χ1v) is 6.18. The summed E-state index contributed by atoms with van der Waals surface area (Å²) in [4.78, 5) is 15.6.